The summed E-state index contributed by atoms with van der Waals surface area (Å²) in [6.45, 7) is 8.51. The molecule has 2 aromatic rings. The van der Waals surface area contributed by atoms with Crippen molar-refractivity contribution < 1.29 is 17.4 Å². The van der Waals surface area contributed by atoms with Crippen LogP contribution >= 0.6 is 0 Å². The van der Waals surface area contributed by atoms with E-state index in [0.717, 1.165) is 16.8 Å². The number of aryl methyl sites for hydroxylation is 1. The van der Waals surface area contributed by atoms with E-state index < -0.39 is 10.1 Å². The van der Waals surface area contributed by atoms with Gasteiger partial charge < -0.3 is 14.4 Å². The van der Waals surface area contributed by atoms with Crippen molar-refractivity contribution in [1.29, 1.82) is 0 Å². The average Bonchev–Trinajstić information content (AvgIpc) is 2.62. The van der Waals surface area contributed by atoms with Crippen LogP contribution in [0.2, 0.25) is 0 Å². The maximum Gasteiger partial charge on any atom is 0.322 e. The van der Waals surface area contributed by atoms with E-state index in [4.69, 9.17) is 4.18 Å². The molecule has 0 fully saturated rings. The summed E-state index contributed by atoms with van der Waals surface area (Å²) in [4.78, 5) is 14.5. The van der Waals surface area contributed by atoms with Gasteiger partial charge in [-0.1, -0.05) is 43.7 Å². The van der Waals surface area contributed by atoms with E-state index in [1.807, 2.05) is 51.1 Å². The normalized spacial score (nSPS) is 11.3. The molecule has 1 N–H and O–H groups in total. The molecule has 0 atom stereocenters. The van der Waals surface area contributed by atoms with Gasteiger partial charge >= 0.3 is 16.1 Å². The molecule has 2 rings (SSSR count). The Morgan fingerprint density at radius 2 is 1.82 bits per heavy atom. The fourth-order valence-corrected chi connectivity index (χ4v) is 3.14. The number of carbonyl (C=O) groups excluding carboxylic acids is 1. The van der Waals surface area contributed by atoms with Gasteiger partial charge in [0.2, 0.25) is 0 Å². The second kappa shape index (κ2) is 9.59. The van der Waals surface area contributed by atoms with Crippen LogP contribution < -0.4 is 9.50 Å². The molecule has 0 spiro atoms. The van der Waals surface area contributed by atoms with Crippen molar-refractivity contribution in [2.75, 3.05) is 17.6 Å². The molecule has 2 amide bonds. The Morgan fingerprint density at radius 1 is 1.14 bits per heavy atom. The Labute approximate surface area is 167 Å². The summed E-state index contributed by atoms with van der Waals surface area (Å²) in [5.41, 5.74) is 2.65. The monoisotopic (exact) mass is 404 g/mol. The quantitative estimate of drug-likeness (QED) is 0.661. The number of amides is 2. The van der Waals surface area contributed by atoms with Crippen LogP contribution in [0.3, 0.4) is 0 Å². The Balaban J connectivity index is 2.15. The van der Waals surface area contributed by atoms with Gasteiger partial charge in [-0.2, -0.15) is 8.42 Å². The molecule has 152 valence electrons. The largest absolute Gasteiger partial charge is 0.382 e. The molecule has 0 saturated heterocycles. The molecule has 6 nitrogen and oxygen atoms in total. The Hall–Kier alpha value is -2.54. The van der Waals surface area contributed by atoms with E-state index in [1.54, 1.807) is 23.1 Å². The lowest BCUT2D eigenvalue weighted by Crippen LogP contribution is -2.37. The fourth-order valence-electron chi connectivity index (χ4n) is 2.62. The van der Waals surface area contributed by atoms with Gasteiger partial charge in [0.1, 0.15) is 5.75 Å². The van der Waals surface area contributed by atoms with Crippen LogP contribution in [0.4, 0.5) is 10.5 Å². The van der Waals surface area contributed by atoms with Crippen molar-refractivity contribution in [3.63, 3.8) is 0 Å². The lowest BCUT2D eigenvalue weighted by molar-refractivity contribution is 0.201. The third-order valence-corrected chi connectivity index (χ3v) is 5.18. The Morgan fingerprint density at radius 3 is 2.43 bits per heavy atom. The van der Waals surface area contributed by atoms with Crippen LogP contribution in [0.5, 0.6) is 5.75 Å². The summed E-state index contributed by atoms with van der Waals surface area (Å²) in [5.74, 6) is 0.432. The van der Waals surface area contributed by atoms with Gasteiger partial charge in [-0.3, -0.25) is 0 Å². The minimum Gasteiger partial charge on any atom is -0.382 e. The number of rotatable bonds is 8. The smallest absolute Gasteiger partial charge is 0.322 e. The molecule has 0 aliphatic rings. The van der Waals surface area contributed by atoms with Crippen LogP contribution in [0.1, 0.15) is 31.9 Å². The van der Waals surface area contributed by atoms with Gasteiger partial charge in [-0.25, -0.2) is 4.79 Å². The van der Waals surface area contributed by atoms with E-state index >= 15 is 0 Å². The molecule has 0 aromatic heterocycles. The molecule has 0 unspecified atom stereocenters. The molecule has 0 aliphatic heterocycles. The lowest BCUT2D eigenvalue weighted by Gasteiger charge is -2.25. The number of nitrogens with one attached hydrogen (secondary N) is 1. The van der Waals surface area contributed by atoms with Crippen molar-refractivity contribution in [2.24, 2.45) is 5.92 Å². The number of carbonyl (C=O) groups is 1. The van der Waals surface area contributed by atoms with Crippen LogP contribution in [0.25, 0.3) is 0 Å². The third-order valence-electron chi connectivity index (χ3n) is 4.02. The van der Waals surface area contributed by atoms with Crippen LogP contribution in [0.15, 0.2) is 48.5 Å². The van der Waals surface area contributed by atoms with Crippen molar-refractivity contribution in [2.45, 2.75) is 34.2 Å². The first-order valence-electron chi connectivity index (χ1n) is 9.32. The molecule has 0 saturated carbocycles. The number of urea groups is 1. The number of nitrogens with zero attached hydrogens (tertiary/aromatic N) is 1. The summed E-state index contributed by atoms with van der Waals surface area (Å²) in [6, 6.07) is 14.2. The zero-order chi connectivity index (χ0) is 20.7. The SMILES string of the molecule is CCS(=O)(=O)Oc1cccc(CN(CC(C)C)C(=O)Nc2ccc(C)cc2)c1. The van der Waals surface area contributed by atoms with E-state index in [-0.39, 0.29) is 23.5 Å². The summed E-state index contributed by atoms with van der Waals surface area (Å²) >= 11 is 0. The van der Waals surface area contributed by atoms with Crippen molar-refractivity contribution in [1.82, 2.24) is 4.90 Å². The molecule has 7 heteroatoms. The minimum absolute atomic E-state index is 0.102. The fraction of sp³-hybridized carbons (Fsp3) is 0.381. The van der Waals surface area contributed by atoms with Gasteiger partial charge in [-0.05, 0) is 49.6 Å². The highest BCUT2D eigenvalue weighted by Crippen LogP contribution is 2.18. The molecule has 2 aromatic carbocycles. The maximum atomic E-state index is 12.8. The van der Waals surface area contributed by atoms with Crippen LogP contribution in [-0.2, 0) is 16.7 Å². The lowest BCUT2D eigenvalue weighted by atomic mass is 10.1. The van der Waals surface area contributed by atoms with Gasteiger partial charge in [-0.15, -0.1) is 0 Å². The number of hydrogen-bond acceptors (Lipinski definition) is 4. The van der Waals surface area contributed by atoms with E-state index in [9.17, 15) is 13.2 Å². The molecule has 0 radical (unpaired) electrons. The molecular weight excluding hydrogens is 376 g/mol. The predicted molar refractivity (Wildman–Crippen MR) is 112 cm³/mol. The van der Waals surface area contributed by atoms with Crippen molar-refractivity contribution in [3.8, 4) is 5.75 Å². The molecular formula is C21H28N2O4S. The molecule has 0 aliphatic carbocycles. The Bertz CT molecular complexity index is 893. The first-order valence-corrected chi connectivity index (χ1v) is 10.9. The van der Waals surface area contributed by atoms with E-state index in [1.165, 1.54) is 6.92 Å². The number of anilines is 1. The zero-order valence-electron chi connectivity index (χ0n) is 16.8. The first-order chi connectivity index (χ1) is 13.2. The van der Waals surface area contributed by atoms with E-state index in [2.05, 4.69) is 5.32 Å². The van der Waals surface area contributed by atoms with Gasteiger partial charge in [0, 0.05) is 18.8 Å². The van der Waals surface area contributed by atoms with Gasteiger partial charge in [0.25, 0.3) is 0 Å². The highest BCUT2D eigenvalue weighted by Gasteiger charge is 2.17. The van der Waals surface area contributed by atoms with E-state index in [0.29, 0.717) is 13.1 Å². The summed E-state index contributed by atoms with van der Waals surface area (Å²) in [5, 5.41) is 2.92. The predicted octanol–water partition coefficient (Wildman–Crippen LogP) is 4.41. The second-order valence-corrected chi connectivity index (χ2v) is 9.01. The second-order valence-electron chi connectivity index (χ2n) is 7.15. The minimum atomic E-state index is -3.59. The average molecular weight is 405 g/mol. The number of hydrogen-bond donors (Lipinski definition) is 1. The third kappa shape index (κ3) is 6.88. The highest BCUT2D eigenvalue weighted by atomic mass is 32.2. The van der Waals surface area contributed by atoms with Crippen molar-refractivity contribution in [3.05, 3.63) is 59.7 Å². The van der Waals surface area contributed by atoms with Crippen LogP contribution in [0, 0.1) is 12.8 Å². The molecule has 0 bridgehead atoms. The molecule has 28 heavy (non-hydrogen) atoms. The highest BCUT2D eigenvalue weighted by molar-refractivity contribution is 7.87. The number of benzene rings is 2. The topological polar surface area (TPSA) is 75.7 Å². The standard InChI is InChI=1S/C21H28N2O4S/c1-5-28(25,26)27-20-8-6-7-18(13-20)15-23(14-16(2)3)21(24)22-19-11-9-17(4)10-12-19/h6-13,16H,5,14-15H2,1-4H3,(H,22,24). The first kappa shape index (κ1) is 21.8. The van der Waals surface area contributed by atoms with Crippen LogP contribution in [-0.4, -0.2) is 31.6 Å². The molecule has 0 heterocycles. The summed E-state index contributed by atoms with van der Waals surface area (Å²) in [7, 11) is -3.59. The summed E-state index contributed by atoms with van der Waals surface area (Å²) < 4.78 is 28.4. The van der Waals surface area contributed by atoms with Gasteiger partial charge in [0.15, 0.2) is 0 Å². The summed E-state index contributed by atoms with van der Waals surface area (Å²) in [6.07, 6.45) is 0. The van der Waals surface area contributed by atoms with Crippen molar-refractivity contribution >= 4 is 21.8 Å². The maximum absolute atomic E-state index is 12.8. The van der Waals surface area contributed by atoms with Gasteiger partial charge in [0.05, 0.1) is 5.75 Å². The zero-order valence-corrected chi connectivity index (χ0v) is 17.6. The Kier molecular flexibility index (Phi) is 7.45.